The highest BCUT2D eigenvalue weighted by molar-refractivity contribution is 9.10. The Bertz CT molecular complexity index is 417. The van der Waals surface area contributed by atoms with Crippen LogP contribution in [-0.2, 0) is 6.54 Å². The zero-order chi connectivity index (χ0) is 12.3. The highest BCUT2D eigenvalue weighted by Gasteiger charge is 2.15. The number of nitro groups is 1. The summed E-state index contributed by atoms with van der Waals surface area (Å²) in [6.07, 6.45) is 5.01. The molecule has 17 heavy (non-hydrogen) atoms. The second-order valence-electron chi connectivity index (χ2n) is 4.44. The summed E-state index contributed by atoms with van der Waals surface area (Å²) in [6.45, 7) is 0.699. The van der Waals surface area contributed by atoms with E-state index in [2.05, 4.69) is 21.2 Å². The van der Waals surface area contributed by atoms with Crippen molar-refractivity contribution in [1.82, 2.24) is 5.32 Å². The third-order valence-corrected chi connectivity index (χ3v) is 3.56. The summed E-state index contributed by atoms with van der Waals surface area (Å²) in [7, 11) is 0. The fourth-order valence-electron chi connectivity index (χ4n) is 2.23. The van der Waals surface area contributed by atoms with Gasteiger partial charge in [0.1, 0.15) is 0 Å². The molecule has 2 rings (SSSR count). The largest absolute Gasteiger partial charge is 0.310 e. The van der Waals surface area contributed by atoms with Gasteiger partial charge in [-0.1, -0.05) is 28.8 Å². The number of halogens is 1. The number of hydrogen-bond donors (Lipinski definition) is 1. The fourth-order valence-corrected chi connectivity index (χ4v) is 2.76. The van der Waals surface area contributed by atoms with Gasteiger partial charge < -0.3 is 5.32 Å². The van der Waals surface area contributed by atoms with Crippen molar-refractivity contribution in [3.63, 3.8) is 0 Å². The molecule has 0 heterocycles. The first-order chi connectivity index (χ1) is 8.15. The maximum Gasteiger partial charge on any atom is 0.270 e. The van der Waals surface area contributed by atoms with E-state index in [-0.39, 0.29) is 10.6 Å². The summed E-state index contributed by atoms with van der Waals surface area (Å²) in [5.74, 6) is 0. The van der Waals surface area contributed by atoms with Crippen molar-refractivity contribution in [2.75, 3.05) is 0 Å². The molecule has 1 fully saturated rings. The normalized spacial score (nSPS) is 16.3. The second kappa shape index (κ2) is 5.60. The Hall–Kier alpha value is -0.940. The second-order valence-corrected chi connectivity index (χ2v) is 5.35. The van der Waals surface area contributed by atoms with Gasteiger partial charge in [0, 0.05) is 29.2 Å². The molecule has 0 atom stereocenters. The number of non-ortho nitro benzene ring substituents is 1. The van der Waals surface area contributed by atoms with E-state index in [4.69, 9.17) is 0 Å². The molecule has 4 nitrogen and oxygen atoms in total. The SMILES string of the molecule is O=[N+]([O-])c1cc(Br)cc(CNC2CCCC2)c1. The lowest BCUT2D eigenvalue weighted by Gasteiger charge is -2.11. The van der Waals surface area contributed by atoms with Gasteiger partial charge in [-0.2, -0.15) is 0 Å². The molecule has 0 spiro atoms. The van der Waals surface area contributed by atoms with Gasteiger partial charge in [0.05, 0.1) is 4.92 Å². The molecule has 0 unspecified atom stereocenters. The van der Waals surface area contributed by atoms with E-state index in [0.29, 0.717) is 12.6 Å². The summed E-state index contributed by atoms with van der Waals surface area (Å²) >= 11 is 3.30. The first kappa shape index (κ1) is 12.5. The van der Waals surface area contributed by atoms with Crippen LogP contribution < -0.4 is 5.32 Å². The molecule has 0 saturated heterocycles. The molecular weight excluding hydrogens is 284 g/mol. The van der Waals surface area contributed by atoms with E-state index in [1.165, 1.54) is 31.7 Å². The van der Waals surface area contributed by atoms with Gasteiger partial charge in [-0.3, -0.25) is 10.1 Å². The van der Waals surface area contributed by atoms with E-state index in [9.17, 15) is 10.1 Å². The van der Waals surface area contributed by atoms with E-state index >= 15 is 0 Å². The molecule has 0 aromatic heterocycles. The minimum absolute atomic E-state index is 0.141. The quantitative estimate of drug-likeness (QED) is 0.685. The summed E-state index contributed by atoms with van der Waals surface area (Å²) in [4.78, 5) is 10.4. The summed E-state index contributed by atoms with van der Waals surface area (Å²) in [5, 5.41) is 14.2. The zero-order valence-corrected chi connectivity index (χ0v) is 11.1. The molecule has 1 N–H and O–H groups in total. The predicted octanol–water partition coefficient (Wildman–Crippen LogP) is 3.39. The molecule has 1 aromatic carbocycles. The van der Waals surface area contributed by atoms with E-state index in [1.807, 2.05) is 6.07 Å². The third kappa shape index (κ3) is 3.51. The van der Waals surface area contributed by atoms with Crippen molar-refractivity contribution < 1.29 is 4.92 Å². The Labute approximate surface area is 109 Å². The lowest BCUT2D eigenvalue weighted by atomic mass is 10.2. The van der Waals surface area contributed by atoms with Crippen LogP contribution in [0.2, 0.25) is 0 Å². The van der Waals surface area contributed by atoms with E-state index < -0.39 is 0 Å². The Morgan fingerprint density at radius 2 is 2.06 bits per heavy atom. The molecule has 1 saturated carbocycles. The highest BCUT2D eigenvalue weighted by Crippen LogP contribution is 2.22. The van der Waals surface area contributed by atoms with Gasteiger partial charge in [0.2, 0.25) is 0 Å². The summed E-state index contributed by atoms with van der Waals surface area (Å²) < 4.78 is 0.759. The molecule has 0 aliphatic heterocycles. The molecule has 0 radical (unpaired) electrons. The average Bonchev–Trinajstić information content (AvgIpc) is 2.78. The topological polar surface area (TPSA) is 55.2 Å². The van der Waals surface area contributed by atoms with Gasteiger partial charge in [-0.05, 0) is 24.5 Å². The average molecular weight is 299 g/mol. The fraction of sp³-hybridized carbons (Fsp3) is 0.500. The van der Waals surface area contributed by atoms with Crippen LogP contribution >= 0.6 is 15.9 Å². The third-order valence-electron chi connectivity index (χ3n) is 3.10. The van der Waals surface area contributed by atoms with Crippen LogP contribution in [0.25, 0.3) is 0 Å². The molecule has 5 heteroatoms. The molecule has 0 amide bonds. The number of nitrogens with one attached hydrogen (secondary N) is 1. The minimum Gasteiger partial charge on any atom is -0.310 e. The zero-order valence-electron chi connectivity index (χ0n) is 9.49. The first-order valence-corrected chi connectivity index (χ1v) is 6.62. The number of benzene rings is 1. The van der Waals surface area contributed by atoms with Crippen LogP contribution in [0.1, 0.15) is 31.2 Å². The van der Waals surface area contributed by atoms with Crippen molar-refractivity contribution >= 4 is 21.6 Å². The Kier molecular flexibility index (Phi) is 4.12. The number of hydrogen-bond acceptors (Lipinski definition) is 3. The monoisotopic (exact) mass is 298 g/mol. The van der Waals surface area contributed by atoms with Gasteiger partial charge in [0.25, 0.3) is 5.69 Å². The van der Waals surface area contributed by atoms with Crippen LogP contribution in [-0.4, -0.2) is 11.0 Å². The Balaban J connectivity index is 2.01. The molecule has 1 aromatic rings. The predicted molar refractivity (Wildman–Crippen MR) is 69.9 cm³/mol. The van der Waals surface area contributed by atoms with Crippen LogP contribution in [0.15, 0.2) is 22.7 Å². The number of rotatable bonds is 4. The van der Waals surface area contributed by atoms with Crippen molar-refractivity contribution in [2.45, 2.75) is 38.3 Å². The van der Waals surface area contributed by atoms with Crippen LogP contribution in [0.3, 0.4) is 0 Å². The van der Waals surface area contributed by atoms with Crippen LogP contribution in [0.5, 0.6) is 0 Å². The number of nitrogens with zero attached hydrogens (tertiary/aromatic N) is 1. The standard InChI is InChI=1S/C12H15BrN2O2/c13-10-5-9(6-12(7-10)15(16)17)8-14-11-3-1-2-4-11/h5-7,11,14H,1-4,8H2. The van der Waals surface area contributed by atoms with Gasteiger partial charge in [0.15, 0.2) is 0 Å². The van der Waals surface area contributed by atoms with Gasteiger partial charge >= 0.3 is 0 Å². The van der Waals surface area contributed by atoms with E-state index in [1.54, 1.807) is 6.07 Å². The van der Waals surface area contributed by atoms with Crippen molar-refractivity contribution in [3.8, 4) is 0 Å². The lowest BCUT2D eigenvalue weighted by Crippen LogP contribution is -2.25. The maximum atomic E-state index is 10.7. The van der Waals surface area contributed by atoms with Crippen molar-refractivity contribution in [1.29, 1.82) is 0 Å². The van der Waals surface area contributed by atoms with E-state index in [0.717, 1.165) is 10.0 Å². The van der Waals surface area contributed by atoms with Crippen molar-refractivity contribution in [3.05, 3.63) is 38.3 Å². The van der Waals surface area contributed by atoms with Crippen LogP contribution in [0.4, 0.5) is 5.69 Å². The van der Waals surface area contributed by atoms with Crippen LogP contribution in [0, 0.1) is 10.1 Å². The molecule has 1 aliphatic rings. The molecule has 0 bridgehead atoms. The Morgan fingerprint density at radius 1 is 1.35 bits per heavy atom. The minimum atomic E-state index is -0.357. The Morgan fingerprint density at radius 3 is 2.71 bits per heavy atom. The smallest absolute Gasteiger partial charge is 0.270 e. The lowest BCUT2D eigenvalue weighted by molar-refractivity contribution is -0.385. The maximum absolute atomic E-state index is 10.7. The summed E-state index contributed by atoms with van der Waals surface area (Å²) in [6, 6.07) is 5.66. The van der Waals surface area contributed by atoms with Gasteiger partial charge in [-0.25, -0.2) is 0 Å². The first-order valence-electron chi connectivity index (χ1n) is 5.82. The van der Waals surface area contributed by atoms with Gasteiger partial charge in [-0.15, -0.1) is 0 Å². The molecule has 92 valence electrons. The molecule has 1 aliphatic carbocycles. The summed E-state index contributed by atoms with van der Waals surface area (Å²) in [5.41, 5.74) is 1.10. The highest BCUT2D eigenvalue weighted by atomic mass is 79.9. The van der Waals surface area contributed by atoms with Crippen molar-refractivity contribution in [2.24, 2.45) is 0 Å². The number of nitro benzene ring substituents is 1. The molecular formula is C12H15BrN2O2.